The number of hydrogen-bond donors (Lipinski definition) is 0. The Morgan fingerprint density at radius 1 is 1.00 bits per heavy atom. The van der Waals surface area contributed by atoms with Gasteiger partial charge in [-0.15, -0.1) is 0 Å². The Labute approximate surface area is 140 Å². The number of hydrogen-bond acceptors (Lipinski definition) is 5. The van der Waals surface area contributed by atoms with Gasteiger partial charge >= 0.3 is 0 Å². The van der Waals surface area contributed by atoms with E-state index in [2.05, 4.69) is 9.97 Å². The molecule has 7 nitrogen and oxygen atoms in total. The summed E-state index contributed by atoms with van der Waals surface area (Å²) < 4.78 is 0. The minimum Gasteiger partial charge on any atom is -0.331 e. The van der Waals surface area contributed by atoms with Gasteiger partial charge in [0.2, 0.25) is 11.8 Å². The molecular weight excluding hydrogens is 308 g/mol. The van der Waals surface area contributed by atoms with E-state index in [0.717, 1.165) is 18.5 Å². The van der Waals surface area contributed by atoms with Crippen LogP contribution in [0, 0.1) is 6.92 Å². The highest BCUT2D eigenvalue weighted by Crippen LogP contribution is 2.39. The Bertz CT molecular complexity index is 672. The first-order valence-electron chi connectivity index (χ1n) is 8.51. The van der Waals surface area contributed by atoms with E-state index in [1.54, 1.807) is 6.20 Å². The van der Waals surface area contributed by atoms with Crippen molar-refractivity contribution in [1.82, 2.24) is 19.8 Å². The normalized spacial score (nSPS) is 29.5. The zero-order valence-corrected chi connectivity index (χ0v) is 13.6. The molecule has 2 atom stereocenters. The largest absolute Gasteiger partial charge is 0.331 e. The summed E-state index contributed by atoms with van der Waals surface area (Å²) in [5.74, 6) is -0.213. The van der Waals surface area contributed by atoms with Crippen LogP contribution in [0.5, 0.6) is 0 Å². The van der Waals surface area contributed by atoms with Gasteiger partial charge in [0, 0.05) is 37.2 Å². The molecule has 0 radical (unpaired) electrons. The van der Waals surface area contributed by atoms with Gasteiger partial charge in [-0.3, -0.25) is 24.3 Å². The van der Waals surface area contributed by atoms with Crippen LogP contribution in [0.3, 0.4) is 0 Å². The number of aromatic nitrogens is 2. The van der Waals surface area contributed by atoms with Crippen LogP contribution < -0.4 is 0 Å². The van der Waals surface area contributed by atoms with E-state index in [9.17, 15) is 14.4 Å². The number of rotatable bonds is 2. The summed E-state index contributed by atoms with van der Waals surface area (Å²) >= 11 is 0. The number of fused-ring (bicyclic) bond motifs is 2. The van der Waals surface area contributed by atoms with Crippen molar-refractivity contribution in [2.75, 3.05) is 0 Å². The standard InChI is InChI=1S/C17H20N4O3/c1-10-8-19-14(9-18-10)17(24)20-11-2-3-12(20)7-13(6-11)21-15(22)4-5-16(21)23/h8-9,11-13H,2-7H2,1H3. The van der Waals surface area contributed by atoms with E-state index in [0.29, 0.717) is 31.4 Å². The molecule has 3 aliphatic rings. The number of imide groups is 1. The summed E-state index contributed by atoms with van der Waals surface area (Å²) in [4.78, 5) is 48.5. The summed E-state index contributed by atoms with van der Waals surface area (Å²) in [6, 6.07) is 0.0919. The minimum absolute atomic E-state index is 0.0573. The monoisotopic (exact) mass is 328 g/mol. The van der Waals surface area contributed by atoms with Gasteiger partial charge in [-0.2, -0.15) is 0 Å². The summed E-state index contributed by atoms with van der Waals surface area (Å²) in [7, 11) is 0. The molecule has 126 valence electrons. The second-order valence-corrected chi connectivity index (χ2v) is 6.92. The number of amides is 3. The molecule has 4 rings (SSSR count). The Hall–Kier alpha value is -2.31. The highest BCUT2D eigenvalue weighted by molar-refractivity contribution is 6.02. The van der Waals surface area contributed by atoms with E-state index >= 15 is 0 Å². The first kappa shape index (κ1) is 15.2. The molecule has 1 aromatic rings. The third-order valence-corrected chi connectivity index (χ3v) is 5.40. The molecular formula is C17H20N4O3. The Morgan fingerprint density at radius 3 is 2.17 bits per heavy atom. The van der Waals surface area contributed by atoms with Crippen molar-refractivity contribution < 1.29 is 14.4 Å². The summed E-state index contributed by atoms with van der Waals surface area (Å²) in [6.45, 7) is 1.83. The van der Waals surface area contributed by atoms with Crippen molar-refractivity contribution in [2.45, 2.75) is 63.6 Å². The van der Waals surface area contributed by atoms with Gasteiger partial charge in [-0.05, 0) is 32.6 Å². The SMILES string of the molecule is Cc1cnc(C(=O)N2C3CCC2CC(N2C(=O)CCC2=O)C3)cn1. The molecule has 24 heavy (non-hydrogen) atoms. The number of nitrogens with zero attached hydrogens (tertiary/aromatic N) is 4. The lowest BCUT2D eigenvalue weighted by Crippen LogP contribution is -2.53. The van der Waals surface area contributed by atoms with Crippen LogP contribution in [0.1, 0.15) is 54.7 Å². The summed E-state index contributed by atoms with van der Waals surface area (Å²) in [5.41, 5.74) is 1.14. The van der Waals surface area contributed by atoms with E-state index in [-0.39, 0.29) is 35.8 Å². The lowest BCUT2D eigenvalue weighted by Gasteiger charge is -2.41. The Balaban J connectivity index is 1.53. The van der Waals surface area contributed by atoms with Crippen LogP contribution in [0.25, 0.3) is 0 Å². The predicted molar refractivity (Wildman–Crippen MR) is 83.9 cm³/mol. The van der Waals surface area contributed by atoms with Gasteiger partial charge in [0.1, 0.15) is 5.69 Å². The molecule has 0 N–H and O–H groups in total. The van der Waals surface area contributed by atoms with Gasteiger partial charge in [0.05, 0.1) is 11.9 Å². The highest BCUT2D eigenvalue weighted by Gasteiger charge is 2.48. The van der Waals surface area contributed by atoms with E-state index in [1.165, 1.54) is 11.1 Å². The lowest BCUT2D eigenvalue weighted by atomic mass is 9.95. The van der Waals surface area contributed by atoms with Crippen molar-refractivity contribution in [3.63, 3.8) is 0 Å². The second kappa shape index (κ2) is 5.65. The first-order valence-corrected chi connectivity index (χ1v) is 8.51. The maximum atomic E-state index is 12.8. The van der Waals surface area contributed by atoms with Gasteiger partial charge in [0.25, 0.3) is 5.91 Å². The molecule has 2 unspecified atom stereocenters. The third kappa shape index (κ3) is 2.39. The van der Waals surface area contributed by atoms with Crippen molar-refractivity contribution in [1.29, 1.82) is 0 Å². The van der Waals surface area contributed by atoms with Crippen LogP contribution in [0.4, 0.5) is 0 Å². The van der Waals surface area contributed by atoms with Gasteiger partial charge in [0.15, 0.2) is 0 Å². The molecule has 1 aromatic heterocycles. The highest BCUT2D eigenvalue weighted by atomic mass is 16.2. The second-order valence-electron chi connectivity index (χ2n) is 6.92. The summed E-state index contributed by atoms with van der Waals surface area (Å²) in [5, 5.41) is 0. The Kier molecular flexibility index (Phi) is 3.58. The molecule has 7 heteroatoms. The molecule has 0 aromatic carbocycles. The van der Waals surface area contributed by atoms with Crippen molar-refractivity contribution in [2.24, 2.45) is 0 Å². The number of carbonyl (C=O) groups is 3. The Morgan fingerprint density at radius 2 is 1.62 bits per heavy atom. The maximum absolute atomic E-state index is 12.8. The van der Waals surface area contributed by atoms with Gasteiger partial charge < -0.3 is 4.90 Å². The number of piperidine rings is 1. The fraction of sp³-hybridized carbons (Fsp3) is 0.588. The molecule has 2 bridgehead atoms. The lowest BCUT2D eigenvalue weighted by molar-refractivity contribution is -0.142. The maximum Gasteiger partial charge on any atom is 0.274 e. The van der Waals surface area contributed by atoms with Gasteiger partial charge in [-0.1, -0.05) is 0 Å². The molecule has 0 spiro atoms. The zero-order valence-electron chi connectivity index (χ0n) is 13.6. The average molecular weight is 328 g/mol. The van der Waals surface area contributed by atoms with Crippen LogP contribution in [-0.2, 0) is 9.59 Å². The van der Waals surface area contributed by atoms with Crippen LogP contribution in [0.2, 0.25) is 0 Å². The van der Waals surface area contributed by atoms with Gasteiger partial charge in [-0.25, -0.2) is 4.98 Å². The molecule has 3 aliphatic heterocycles. The molecule has 4 heterocycles. The number of aryl methyl sites for hydroxylation is 1. The number of carbonyl (C=O) groups excluding carboxylic acids is 3. The predicted octanol–water partition coefficient (Wildman–Crippen LogP) is 1.07. The molecule has 3 amide bonds. The van der Waals surface area contributed by atoms with Crippen molar-refractivity contribution >= 4 is 17.7 Å². The smallest absolute Gasteiger partial charge is 0.274 e. The van der Waals surface area contributed by atoms with E-state index in [1.807, 2.05) is 11.8 Å². The van der Waals surface area contributed by atoms with Crippen molar-refractivity contribution in [3.8, 4) is 0 Å². The zero-order chi connectivity index (χ0) is 16.8. The molecule has 0 saturated carbocycles. The van der Waals surface area contributed by atoms with Crippen LogP contribution >= 0.6 is 0 Å². The molecule has 3 saturated heterocycles. The topological polar surface area (TPSA) is 83.5 Å². The quantitative estimate of drug-likeness (QED) is 0.758. The van der Waals surface area contributed by atoms with E-state index < -0.39 is 0 Å². The first-order chi connectivity index (χ1) is 11.5. The van der Waals surface area contributed by atoms with Crippen LogP contribution in [-0.4, -0.2) is 55.6 Å². The van der Waals surface area contributed by atoms with E-state index in [4.69, 9.17) is 0 Å². The number of likely N-dealkylation sites (tertiary alicyclic amines) is 1. The fourth-order valence-corrected chi connectivity index (χ4v) is 4.33. The fourth-order valence-electron chi connectivity index (χ4n) is 4.33. The minimum atomic E-state index is -0.0903. The average Bonchev–Trinajstić information content (AvgIpc) is 3.03. The van der Waals surface area contributed by atoms with Crippen molar-refractivity contribution in [3.05, 3.63) is 23.8 Å². The summed E-state index contributed by atoms with van der Waals surface area (Å²) in [6.07, 6.45) is 6.97. The molecule has 0 aliphatic carbocycles. The van der Waals surface area contributed by atoms with Crippen LogP contribution in [0.15, 0.2) is 12.4 Å². The molecule has 3 fully saturated rings. The third-order valence-electron chi connectivity index (χ3n) is 5.40.